The van der Waals surface area contributed by atoms with E-state index in [2.05, 4.69) is 40.2 Å². The van der Waals surface area contributed by atoms with E-state index >= 15 is 0 Å². The summed E-state index contributed by atoms with van der Waals surface area (Å²) in [6.45, 7) is 0.331. The summed E-state index contributed by atoms with van der Waals surface area (Å²) in [6, 6.07) is 18.6. The predicted molar refractivity (Wildman–Crippen MR) is 107 cm³/mol. The van der Waals surface area contributed by atoms with E-state index in [4.69, 9.17) is 4.74 Å². The molecule has 4 rings (SSSR count). The Morgan fingerprint density at radius 1 is 1.12 bits per heavy atom. The zero-order valence-electron chi connectivity index (χ0n) is 14.6. The van der Waals surface area contributed by atoms with Crippen molar-refractivity contribution in [3.8, 4) is 0 Å². The molecule has 2 aromatic rings. The van der Waals surface area contributed by atoms with Crippen LogP contribution in [-0.2, 0) is 11.3 Å². The van der Waals surface area contributed by atoms with Gasteiger partial charge in [0.1, 0.15) is 6.61 Å². The van der Waals surface area contributed by atoms with Crippen molar-refractivity contribution in [2.75, 3.05) is 0 Å². The van der Waals surface area contributed by atoms with Crippen LogP contribution in [0.3, 0.4) is 0 Å². The smallest absolute Gasteiger partial charge is 0.410 e. The average Bonchev–Trinajstić information content (AvgIpc) is 2.66. The van der Waals surface area contributed by atoms with Crippen LogP contribution in [0.5, 0.6) is 0 Å². The largest absolute Gasteiger partial charge is 0.445 e. The highest BCUT2D eigenvalue weighted by atomic mass is 79.9. The van der Waals surface area contributed by atoms with Gasteiger partial charge in [0.25, 0.3) is 0 Å². The lowest BCUT2D eigenvalue weighted by Crippen LogP contribution is -2.51. The molecule has 1 amide bonds. The number of ether oxygens (including phenoxy) is 1. The number of carbonyl (C=O) groups is 1. The van der Waals surface area contributed by atoms with E-state index in [0.717, 1.165) is 29.3 Å². The summed E-state index contributed by atoms with van der Waals surface area (Å²) in [7, 11) is 0. The van der Waals surface area contributed by atoms with Crippen LogP contribution in [0.4, 0.5) is 4.79 Å². The lowest BCUT2D eigenvalue weighted by molar-refractivity contribution is 0.0510. The van der Waals surface area contributed by atoms with Gasteiger partial charge in [-0.1, -0.05) is 64.5 Å². The molecule has 3 nitrogen and oxygen atoms in total. The fourth-order valence-corrected chi connectivity index (χ4v) is 4.41. The number of nitrogens with zero attached hydrogens (tertiary/aromatic N) is 1. The van der Waals surface area contributed by atoms with Gasteiger partial charge in [-0.2, -0.15) is 0 Å². The standard InChI is InChI=1S/C22H22BrNO2/c23-19-9-4-8-17(12-19)18-13-20-10-5-11-21(14-18)24(20)22(25)26-15-16-6-2-1-3-7-16/h1-4,6-9,12-13,20-21H,5,10-11,14-15H2. The number of halogens is 1. The Kier molecular flexibility index (Phi) is 5.11. The summed E-state index contributed by atoms with van der Waals surface area (Å²) in [4.78, 5) is 14.7. The van der Waals surface area contributed by atoms with Crippen LogP contribution in [0.15, 0.2) is 65.1 Å². The van der Waals surface area contributed by atoms with Crippen molar-refractivity contribution in [2.24, 2.45) is 0 Å². The second-order valence-corrected chi connectivity index (χ2v) is 7.92. The molecule has 2 heterocycles. The van der Waals surface area contributed by atoms with Crippen molar-refractivity contribution < 1.29 is 9.53 Å². The van der Waals surface area contributed by atoms with Crippen molar-refractivity contribution in [2.45, 2.75) is 44.4 Å². The van der Waals surface area contributed by atoms with Crippen LogP contribution < -0.4 is 0 Å². The van der Waals surface area contributed by atoms with Gasteiger partial charge in [0.2, 0.25) is 0 Å². The van der Waals surface area contributed by atoms with Crippen LogP contribution >= 0.6 is 15.9 Å². The maximum Gasteiger partial charge on any atom is 0.410 e. The zero-order chi connectivity index (χ0) is 17.9. The van der Waals surface area contributed by atoms with Crippen LogP contribution in [0.1, 0.15) is 36.8 Å². The van der Waals surface area contributed by atoms with E-state index in [1.807, 2.05) is 41.3 Å². The molecule has 1 saturated heterocycles. The summed E-state index contributed by atoms with van der Waals surface area (Å²) in [6.07, 6.45) is 6.19. The Balaban J connectivity index is 1.50. The first-order valence-electron chi connectivity index (χ1n) is 9.16. The van der Waals surface area contributed by atoms with Gasteiger partial charge in [-0.3, -0.25) is 4.90 Å². The number of amides is 1. The SMILES string of the molecule is O=C(OCc1ccccc1)N1C2C=C(c3cccc(Br)c3)CC1CCC2. The van der Waals surface area contributed by atoms with Crippen LogP contribution in [-0.4, -0.2) is 23.1 Å². The molecule has 134 valence electrons. The highest BCUT2D eigenvalue weighted by Gasteiger charge is 2.38. The van der Waals surface area contributed by atoms with E-state index in [9.17, 15) is 4.79 Å². The van der Waals surface area contributed by atoms with Crippen LogP contribution in [0, 0.1) is 0 Å². The number of hydrogen-bond donors (Lipinski definition) is 0. The zero-order valence-corrected chi connectivity index (χ0v) is 16.2. The minimum atomic E-state index is -0.187. The van der Waals surface area contributed by atoms with Gasteiger partial charge in [0.15, 0.2) is 0 Å². The summed E-state index contributed by atoms with van der Waals surface area (Å²) in [5.41, 5.74) is 3.61. The van der Waals surface area contributed by atoms with Gasteiger partial charge in [-0.15, -0.1) is 0 Å². The lowest BCUT2D eigenvalue weighted by Gasteiger charge is -2.44. The molecule has 0 radical (unpaired) electrons. The molecule has 0 aliphatic carbocycles. The summed E-state index contributed by atoms with van der Waals surface area (Å²) in [5, 5.41) is 0. The molecule has 2 aliphatic rings. The molecule has 2 atom stereocenters. The van der Waals surface area contributed by atoms with Gasteiger partial charge in [0, 0.05) is 10.5 Å². The molecular weight excluding hydrogens is 390 g/mol. The second kappa shape index (κ2) is 7.67. The number of carbonyl (C=O) groups excluding carboxylic acids is 1. The van der Waals surface area contributed by atoms with Gasteiger partial charge < -0.3 is 4.74 Å². The molecule has 0 spiro atoms. The van der Waals surface area contributed by atoms with E-state index in [-0.39, 0.29) is 18.2 Å². The van der Waals surface area contributed by atoms with Crippen molar-refractivity contribution in [1.82, 2.24) is 4.90 Å². The molecule has 1 fully saturated rings. The Morgan fingerprint density at radius 3 is 2.73 bits per heavy atom. The van der Waals surface area contributed by atoms with Crippen molar-refractivity contribution >= 4 is 27.6 Å². The Morgan fingerprint density at radius 2 is 1.96 bits per heavy atom. The molecule has 0 saturated carbocycles. The van der Waals surface area contributed by atoms with Crippen LogP contribution in [0.2, 0.25) is 0 Å². The second-order valence-electron chi connectivity index (χ2n) is 7.01. The monoisotopic (exact) mass is 411 g/mol. The third-order valence-electron chi connectivity index (χ3n) is 5.25. The summed E-state index contributed by atoms with van der Waals surface area (Å²) >= 11 is 3.56. The van der Waals surface area contributed by atoms with Gasteiger partial charge >= 0.3 is 6.09 Å². The van der Waals surface area contributed by atoms with E-state index in [1.54, 1.807) is 0 Å². The van der Waals surface area contributed by atoms with Crippen LogP contribution in [0.25, 0.3) is 5.57 Å². The molecule has 2 aromatic carbocycles. The third-order valence-corrected chi connectivity index (χ3v) is 5.74. The first-order valence-corrected chi connectivity index (χ1v) is 9.95. The Bertz CT molecular complexity index is 818. The molecule has 26 heavy (non-hydrogen) atoms. The van der Waals surface area contributed by atoms with E-state index in [0.29, 0.717) is 6.61 Å². The third kappa shape index (κ3) is 3.70. The average molecular weight is 412 g/mol. The quantitative estimate of drug-likeness (QED) is 0.638. The molecule has 0 N–H and O–H groups in total. The summed E-state index contributed by atoms with van der Waals surface area (Å²) in [5.74, 6) is 0. The molecule has 0 aromatic heterocycles. The Labute approximate surface area is 162 Å². The number of piperidine rings is 1. The maximum atomic E-state index is 12.7. The predicted octanol–water partition coefficient (Wildman–Crippen LogP) is 5.80. The molecular formula is C22H22BrNO2. The highest BCUT2D eigenvalue weighted by molar-refractivity contribution is 9.10. The van der Waals surface area contributed by atoms with E-state index < -0.39 is 0 Å². The van der Waals surface area contributed by atoms with Gasteiger partial charge in [-0.25, -0.2) is 4.79 Å². The highest BCUT2D eigenvalue weighted by Crippen LogP contribution is 2.38. The number of benzene rings is 2. The minimum Gasteiger partial charge on any atom is -0.445 e. The molecule has 2 unspecified atom stereocenters. The van der Waals surface area contributed by atoms with Crippen molar-refractivity contribution in [3.63, 3.8) is 0 Å². The van der Waals surface area contributed by atoms with E-state index in [1.165, 1.54) is 17.6 Å². The maximum absolute atomic E-state index is 12.7. The van der Waals surface area contributed by atoms with Crippen molar-refractivity contribution in [3.05, 3.63) is 76.3 Å². The molecule has 2 bridgehead atoms. The molecule has 4 heteroatoms. The summed E-state index contributed by atoms with van der Waals surface area (Å²) < 4.78 is 6.70. The lowest BCUT2D eigenvalue weighted by atomic mass is 9.83. The number of rotatable bonds is 3. The number of hydrogen-bond acceptors (Lipinski definition) is 2. The first-order chi connectivity index (χ1) is 12.7. The normalized spacial score (nSPS) is 21.9. The fourth-order valence-electron chi connectivity index (χ4n) is 4.01. The first kappa shape index (κ1) is 17.3. The van der Waals surface area contributed by atoms with Gasteiger partial charge in [-0.05, 0) is 54.5 Å². The van der Waals surface area contributed by atoms with Gasteiger partial charge in [0.05, 0.1) is 6.04 Å². The fraction of sp³-hybridized carbons (Fsp3) is 0.318. The molecule has 2 aliphatic heterocycles. The minimum absolute atomic E-state index is 0.139. The van der Waals surface area contributed by atoms with Crippen molar-refractivity contribution in [1.29, 1.82) is 0 Å². The number of fused-ring (bicyclic) bond motifs is 2. The topological polar surface area (TPSA) is 29.5 Å². The Hall–Kier alpha value is -2.07.